The maximum Gasteiger partial charge on any atom is 0.191 e. The Morgan fingerprint density at radius 3 is 2.50 bits per heavy atom. The number of aliphatic hydroxyl groups is 1. The highest BCUT2D eigenvalue weighted by atomic mass is 127. The third-order valence-corrected chi connectivity index (χ3v) is 4.75. The number of aliphatic imine (C=N–C) groups is 1. The monoisotopic (exact) mass is 474 g/mol. The van der Waals surface area contributed by atoms with E-state index in [0.29, 0.717) is 6.54 Å². The van der Waals surface area contributed by atoms with E-state index in [1.54, 1.807) is 0 Å². The van der Waals surface area contributed by atoms with Crippen LogP contribution in [0.3, 0.4) is 0 Å². The molecule has 0 saturated carbocycles. The van der Waals surface area contributed by atoms with Gasteiger partial charge in [0.1, 0.15) is 0 Å². The number of halogens is 1. The highest BCUT2D eigenvalue weighted by Crippen LogP contribution is 2.11. The molecule has 1 aromatic rings. The van der Waals surface area contributed by atoms with Gasteiger partial charge >= 0.3 is 0 Å². The summed E-state index contributed by atoms with van der Waals surface area (Å²) in [5.41, 5.74) is 2.67. The van der Waals surface area contributed by atoms with Crippen LogP contribution < -0.4 is 10.6 Å². The van der Waals surface area contributed by atoms with E-state index in [0.717, 1.165) is 64.4 Å². The number of hydrogen-bond donors (Lipinski definition) is 3. The zero-order chi connectivity index (χ0) is 17.9. The molecule has 0 aromatic heterocycles. The molecule has 1 aliphatic heterocycles. The van der Waals surface area contributed by atoms with Crippen LogP contribution in [-0.2, 0) is 13.0 Å². The summed E-state index contributed by atoms with van der Waals surface area (Å²) in [5, 5.41) is 16.3. The summed E-state index contributed by atoms with van der Waals surface area (Å²) in [7, 11) is 0. The molecule has 26 heavy (non-hydrogen) atoms. The zero-order valence-electron chi connectivity index (χ0n) is 16.2. The van der Waals surface area contributed by atoms with Crippen LogP contribution in [0.5, 0.6) is 0 Å². The normalized spacial score (nSPS) is 16.2. The lowest BCUT2D eigenvalue weighted by atomic mass is 10.1. The van der Waals surface area contributed by atoms with Crippen LogP contribution in [0.4, 0.5) is 0 Å². The van der Waals surface area contributed by atoms with E-state index in [2.05, 4.69) is 53.6 Å². The first-order valence-corrected chi connectivity index (χ1v) is 9.72. The Morgan fingerprint density at radius 2 is 1.85 bits per heavy atom. The Bertz CT molecular complexity index is 530. The number of likely N-dealkylation sites (tertiary alicyclic amines) is 1. The zero-order valence-corrected chi connectivity index (χ0v) is 18.5. The van der Waals surface area contributed by atoms with Crippen LogP contribution in [0.25, 0.3) is 0 Å². The molecule has 1 aliphatic rings. The highest BCUT2D eigenvalue weighted by molar-refractivity contribution is 14.0. The van der Waals surface area contributed by atoms with E-state index in [1.165, 1.54) is 11.1 Å². The van der Waals surface area contributed by atoms with Gasteiger partial charge in [0.2, 0.25) is 0 Å². The molecule has 1 aromatic carbocycles. The Morgan fingerprint density at radius 1 is 1.15 bits per heavy atom. The lowest BCUT2D eigenvalue weighted by Crippen LogP contribution is -2.40. The van der Waals surface area contributed by atoms with Crippen molar-refractivity contribution in [3.8, 4) is 0 Å². The van der Waals surface area contributed by atoms with E-state index in [4.69, 9.17) is 4.99 Å². The molecule has 0 amide bonds. The summed E-state index contributed by atoms with van der Waals surface area (Å²) in [4.78, 5) is 7.17. The van der Waals surface area contributed by atoms with Gasteiger partial charge in [0.15, 0.2) is 5.96 Å². The number of hydrogen-bond acceptors (Lipinski definition) is 3. The smallest absolute Gasteiger partial charge is 0.191 e. The topological polar surface area (TPSA) is 59.9 Å². The number of nitrogens with zero attached hydrogens (tertiary/aromatic N) is 2. The van der Waals surface area contributed by atoms with Crippen LogP contribution >= 0.6 is 24.0 Å². The molecule has 2 rings (SSSR count). The minimum absolute atomic E-state index is 0. The van der Waals surface area contributed by atoms with Crippen LogP contribution in [0.15, 0.2) is 29.3 Å². The maximum absolute atomic E-state index is 9.56. The number of aliphatic hydroxyl groups excluding tert-OH is 1. The van der Waals surface area contributed by atoms with Gasteiger partial charge in [0.05, 0.1) is 12.6 Å². The Balaban J connectivity index is 0.00000338. The summed E-state index contributed by atoms with van der Waals surface area (Å²) in [6.07, 6.45) is 3.86. The molecule has 0 atom stereocenters. The van der Waals surface area contributed by atoms with Crippen molar-refractivity contribution >= 4 is 29.9 Å². The average Bonchev–Trinajstić information content (AvgIpc) is 2.64. The van der Waals surface area contributed by atoms with Crippen molar-refractivity contribution in [1.29, 1.82) is 0 Å². The summed E-state index contributed by atoms with van der Waals surface area (Å²) < 4.78 is 0. The molecule has 148 valence electrons. The van der Waals surface area contributed by atoms with E-state index in [-0.39, 0.29) is 30.1 Å². The largest absolute Gasteiger partial charge is 0.393 e. The van der Waals surface area contributed by atoms with Gasteiger partial charge in [-0.05, 0) is 50.3 Å². The van der Waals surface area contributed by atoms with E-state index < -0.39 is 0 Å². The summed E-state index contributed by atoms with van der Waals surface area (Å²) in [6.45, 7) is 9.89. The van der Waals surface area contributed by atoms with Crippen LogP contribution in [0, 0.1) is 0 Å². The first-order chi connectivity index (χ1) is 12.2. The molecule has 3 N–H and O–H groups in total. The van der Waals surface area contributed by atoms with Crippen LogP contribution in [0.1, 0.15) is 44.2 Å². The average molecular weight is 474 g/mol. The first kappa shape index (κ1) is 23.2. The van der Waals surface area contributed by atoms with E-state index in [1.807, 2.05) is 0 Å². The fourth-order valence-corrected chi connectivity index (χ4v) is 3.22. The molecule has 1 saturated heterocycles. The van der Waals surface area contributed by atoms with Crippen LogP contribution in [-0.4, -0.2) is 54.8 Å². The molecule has 0 radical (unpaired) electrons. The van der Waals surface area contributed by atoms with Gasteiger partial charge in [-0.2, -0.15) is 0 Å². The Kier molecular flexibility index (Phi) is 11.9. The SMILES string of the molecule is CCNC(=NCc1ccccc1CC)NCCCN1CCC(O)CC1.I. The quantitative estimate of drug-likeness (QED) is 0.235. The first-order valence-electron chi connectivity index (χ1n) is 9.72. The predicted octanol–water partition coefficient (Wildman–Crippen LogP) is 2.77. The van der Waals surface area contributed by atoms with Crippen molar-refractivity contribution in [2.24, 2.45) is 4.99 Å². The van der Waals surface area contributed by atoms with Gasteiger partial charge in [0, 0.05) is 26.2 Å². The molecule has 0 spiro atoms. The van der Waals surface area contributed by atoms with Crippen molar-refractivity contribution in [2.45, 2.75) is 52.2 Å². The summed E-state index contributed by atoms with van der Waals surface area (Å²) >= 11 is 0. The Labute approximate surface area is 175 Å². The minimum atomic E-state index is -0.0899. The van der Waals surface area contributed by atoms with Gasteiger partial charge in [0.25, 0.3) is 0 Å². The van der Waals surface area contributed by atoms with Gasteiger partial charge < -0.3 is 20.6 Å². The second kappa shape index (κ2) is 13.3. The predicted molar refractivity (Wildman–Crippen MR) is 120 cm³/mol. The van der Waals surface area contributed by atoms with Crippen molar-refractivity contribution in [2.75, 3.05) is 32.7 Å². The van der Waals surface area contributed by atoms with Gasteiger partial charge in [-0.1, -0.05) is 31.2 Å². The molecule has 0 unspecified atom stereocenters. The number of piperidine rings is 1. The number of rotatable bonds is 8. The molecule has 6 heteroatoms. The summed E-state index contributed by atoms with van der Waals surface area (Å²) in [5.74, 6) is 0.891. The third-order valence-electron chi connectivity index (χ3n) is 4.75. The molecule has 1 fully saturated rings. The van der Waals surface area contributed by atoms with Crippen LogP contribution in [0.2, 0.25) is 0 Å². The standard InChI is InChI=1S/C20H34N4O.HI/c1-3-17-8-5-6-9-18(17)16-23-20(21-4-2)22-12-7-13-24-14-10-19(25)11-15-24;/h5-6,8-9,19,25H,3-4,7,10-16H2,1-2H3,(H2,21,22,23);1H. The lowest BCUT2D eigenvalue weighted by Gasteiger charge is -2.29. The van der Waals surface area contributed by atoms with E-state index in [9.17, 15) is 5.11 Å². The van der Waals surface area contributed by atoms with Crippen molar-refractivity contribution in [3.63, 3.8) is 0 Å². The molecule has 1 heterocycles. The number of benzene rings is 1. The van der Waals surface area contributed by atoms with E-state index >= 15 is 0 Å². The Hall–Kier alpha value is -0.860. The third kappa shape index (κ3) is 8.22. The van der Waals surface area contributed by atoms with Gasteiger partial charge in [-0.25, -0.2) is 4.99 Å². The lowest BCUT2D eigenvalue weighted by molar-refractivity contribution is 0.0823. The minimum Gasteiger partial charge on any atom is -0.393 e. The molecule has 0 bridgehead atoms. The second-order valence-electron chi connectivity index (χ2n) is 6.67. The molecular formula is C20H35IN4O. The molecule has 0 aliphatic carbocycles. The fourth-order valence-electron chi connectivity index (χ4n) is 3.22. The number of nitrogens with one attached hydrogen (secondary N) is 2. The number of aryl methyl sites for hydroxylation is 1. The van der Waals surface area contributed by atoms with Crippen molar-refractivity contribution in [1.82, 2.24) is 15.5 Å². The second-order valence-corrected chi connectivity index (χ2v) is 6.67. The molecular weight excluding hydrogens is 439 g/mol. The highest BCUT2D eigenvalue weighted by Gasteiger charge is 2.15. The fraction of sp³-hybridized carbons (Fsp3) is 0.650. The van der Waals surface area contributed by atoms with Gasteiger partial charge in [-0.3, -0.25) is 0 Å². The summed E-state index contributed by atoms with van der Waals surface area (Å²) in [6, 6.07) is 8.52. The number of guanidine groups is 1. The van der Waals surface area contributed by atoms with Crippen molar-refractivity contribution < 1.29 is 5.11 Å². The van der Waals surface area contributed by atoms with Gasteiger partial charge in [-0.15, -0.1) is 24.0 Å². The molecule has 5 nitrogen and oxygen atoms in total. The maximum atomic E-state index is 9.56. The van der Waals surface area contributed by atoms with Crippen molar-refractivity contribution in [3.05, 3.63) is 35.4 Å².